The number of alkyl halides is 1. The molecule has 106 valence electrons. The van der Waals surface area contributed by atoms with Gasteiger partial charge in [0.2, 0.25) is 0 Å². The average molecular weight is 387 g/mol. The molecular formula is C14H14INO4. The molecule has 1 aromatic heterocycles. The molecule has 0 fully saturated rings. The van der Waals surface area contributed by atoms with Crippen LogP contribution in [0.2, 0.25) is 0 Å². The van der Waals surface area contributed by atoms with E-state index in [1.165, 1.54) is 6.07 Å². The standard InChI is InChI=1S/C14H14INO4/c1-8-5-13(17)20-12-6-10(3-4-11(8)12)16-14(18)19-7-9(2)15/h3-6,9H,7H2,1-2H3,(H,16,18)/t9-/m1/s1. The second-order valence-electron chi connectivity index (χ2n) is 4.46. The Kier molecular flexibility index (Phi) is 4.64. The van der Waals surface area contributed by atoms with Gasteiger partial charge in [0.1, 0.15) is 12.2 Å². The molecule has 0 saturated heterocycles. The number of hydrogen-bond acceptors (Lipinski definition) is 4. The lowest BCUT2D eigenvalue weighted by molar-refractivity contribution is 0.164. The smallest absolute Gasteiger partial charge is 0.411 e. The number of fused-ring (bicyclic) bond motifs is 1. The van der Waals surface area contributed by atoms with Crippen LogP contribution in [-0.4, -0.2) is 16.6 Å². The van der Waals surface area contributed by atoms with Crippen molar-refractivity contribution in [2.75, 3.05) is 11.9 Å². The maximum absolute atomic E-state index is 11.6. The van der Waals surface area contributed by atoms with Gasteiger partial charge < -0.3 is 9.15 Å². The summed E-state index contributed by atoms with van der Waals surface area (Å²) >= 11 is 2.17. The minimum Gasteiger partial charge on any atom is -0.448 e. The number of anilines is 1. The summed E-state index contributed by atoms with van der Waals surface area (Å²) in [5, 5.41) is 3.44. The van der Waals surface area contributed by atoms with Crippen LogP contribution in [0.15, 0.2) is 33.5 Å². The predicted octanol–water partition coefficient (Wildman–Crippen LogP) is 3.47. The zero-order valence-electron chi connectivity index (χ0n) is 11.1. The maximum Gasteiger partial charge on any atom is 0.411 e. The van der Waals surface area contributed by atoms with Gasteiger partial charge in [-0.1, -0.05) is 29.5 Å². The zero-order valence-corrected chi connectivity index (χ0v) is 13.3. The molecule has 1 N–H and O–H groups in total. The fourth-order valence-corrected chi connectivity index (χ4v) is 1.93. The van der Waals surface area contributed by atoms with Gasteiger partial charge in [0.15, 0.2) is 0 Å². The van der Waals surface area contributed by atoms with Gasteiger partial charge in [0, 0.05) is 27.1 Å². The van der Waals surface area contributed by atoms with Crippen molar-refractivity contribution in [1.29, 1.82) is 0 Å². The second-order valence-corrected chi connectivity index (χ2v) is 6.59. The van der Waals surface area contributed by atoms with Crippen LogP contribution < -0.4 is 10.9 Å². The first-order valence-electron chi connectivity index (χ1n) is 6.08. The van der Waals surface area contributed by atoms with Crippen molar-refractivity contribution in [1.82, 2.24) is 0 Å². The van der Waals surface area contributed by atoms with Gasteiger partial charge in [-0.05, 0) is 24.6 Å². The number of aryl methyl sites for hydroxylation is 1. The molecule has 20 heavy (non-hydrogen) atoms. The van der Waals surface area contributed by atoms with E-state index in [0.717, 1.165) is 10.9 Å². The van der Waals surface area contributed by atoms with E-state index < -0.39 is 11.7 Å². The molecule has 0 aliphatic carbocycles. The topological polar surface area (TPSA) is 68.5 Å². The van der Waals surface area contributed by atoms with Crippen LogP contribution in [0.25, 0.3) is 11.0 Å². The first-order valence-corrected chi connectivity index (χ1v) is 7.32. The molecule has 2 rings (SSSR count). The summed E-state index contributed by atoms with van der Waals surface area (Å²) in [6.45, 7) is 4.12. The van der Waals surface area contributed by atoms with E-state index in [2.05, 4.69) is 27.9 Å². The summed E-state index contributed by atoms with van der Waals surface area (Å²) < 4.78 is 10.4. The molecule has 1 atom stereocenters. The van der Waals surface area contributed by atoms with Crippen molar-refractivity contribution in [3.63, 3.8) is 0 Å². The van der Waals surface area contributed by atoms with Gasteiger partial charge >= 0.3 is 11.7 Å². The predicted molar refractivity (Wildman–Crippen MR) is 85.7 cm³/mol. The maximum atomic E-state index is 11.6. The first kappa shape index (κ1) is 14.8. The molecule has 6 heteroatoms. The highest BCUT2D eigenvalue weighted by Crippen LogP contribution is 2.20. The largest absolute Gasteiger partial charge is 0.448 e. The summed E-state index contributed by atoms with van der Waals surface area (Å²) in [5.41, 5.74) is 1.39. The Balaban J connectivity index is 2.20. The third-order valence-electron chi connectivity index (χ3n) is 2.64. The van der Waals surface area contributed by atoms with Crippen molar-refractivity contribution in [2.24, 2.45) is 0 Å². The Morgan fingerprint density at radius 1 is 1.45 bits per heavy atom. The van der Waals surface area contributed by atoms with E-state index in [4.69, 9.17) is 9.15 Å². The number of benzene rings is 1. The fourth-order valence-electron chi connectivity index (χ4n) is 1.75. The van der Waals surface area contributed by atoms with Crippen LogP contribution in [0, 0.1) is 6.92 Å². The highest BCUT2D eigenvalue weighted by molar-refractivity contribution is 14.1. The van der Waals surface area contributed by atoms with Gasteiger partial charge in [0.05, 0.1) is 0 Å². The summed E-state index contributed by atoms with van der Waals surface area (Å²) in [5.74, 6) is 0. The van der Waals surface area contributed by atoms with E-state index >= 15 is 0 Å². The number of halogens is 1. The molecule has 1 amide bonds. The number of carbonyl (C=O) groups is 1. The second kappa shape index (κ2) is 6.25. The average Bonchev–Trinajstić information content (AvgIpc) is 2.35. The Hall–Kier alpha value is -1.57. The molecule has 0 saturated carbocycles. The third kappa shape index (κ3) is 3.72. The first-order chi connectivity index (χ1) is 9.45. The normalized spacial score (nSPS) is 12.2. The van der Waals surface area contributed by atoms with Crippen molar-refractivity contribution in [3.8, 4) is 0 Å². The van der Waals surface area contributed by atoms with E-state index in [0.29, 0.717) is 17.9 Å². The molecule has 2 aromatic rings. The zero-order chi connectivity index (χ0) is 14.7. The molecule has 0 bridgehead atoms. The van der Waals surface area contributed by atoms with E-state index in [1.807, 2.05) is 13.8 Å². The van der Waals surface area contributed by atoms with Crippen LogP contribution in [0.5, 0.6) is 0 Å². The molecule has 0 radical (unpaired) electrons. The fraction of sp³-hybridized carbons (Fsp3) is 0.286. The molecule has 0 unspecified atom stereocenters. The number of ether oxygens (including phenoxy) is 1. The molecule has 0 aliphatic heterocycles. The minimum atomic E-state index is -0.525. The van der Waals surface area contributed by atoms with Crippen LogP contribution in [0.4, 0.5) is 10.5 Å². The van der Waals surface area contributed by atoms with E-state index in [-0.39, 0.29) is 3.92 Å². The lowest BCUT2D eigenvalue weighted by Crippen LogP contribution is -2.17. The van der Waals surface area contributed by atoms with Gasteiger partial charge in [-0.2, -0.15) is 0 Å². The Morgan fingerprint density at radius 2 is 2.20 bits per heavy atom. The summed E-state index contributed by atoms with van der Waals surface area (Å²) in [6.07, 6.45) is -0.525. The van der Waals surface area contributed by atoms with Gasteiger partial charge in [-0.15, -0.1) is 0 Å². The number of carbonyl (C=O) groups excluding carboxylic acids is 1. The Bertz CT molecular complexity index is 693. The lowest BCUT2D eigenvalue weighted by Gasteiger charge is -2.08. The van der Waals surface area contributed by atoms with Crippen LogP contribution in [-0.2, 0) is 4.74 Å². The molecule has 0 spiro atoms. The highest BCUT2D eigenvalue weighted by atomic mass is 127. The molecular weight excluding hydrogens is 373 g/mol. The quantitative estimate of drug-likeness (QED) is 0.498. The highest BCUT2D eigenvalue weighted by Gasteiger charge is 2.08. The molecule has 1 heterocycles. The SMILES string of the molecule is Cc1cc(=O)oc2cc(NC(=O)OC[C@@H](C)I)ccc12. The van der Waals surface area contributed by atoms with Crippen molar-refractivity contribution in [2.45, 2.75) is 17.8 Å². The van der Waals surface area contributed by atoms with Crippen molar-refractivity contribution >= 4 is 45.3 Å². The van der Waals surface area contributed by atoms with E-state index in [9.17, 15) is 9.59 Å². The van der Waals surface area contributed by atoms with Gasteiger partial charge in [-0.3, -0.25) is 5.32 Å². The van der Waals surface area contributed by atoms with Crippen LogP contribution in [0.3, 0.4) is 0 Å². The van der Waals surface area contributed by atoms with Crippen molar-refractivity contribution < 1.29 is 13.9 Å². The van der Waals surface area contributed by atoms with Gasteiger partial charge in [-0.25, -0.2) is 9.59 Å². The summed E-state index contributed by atoms with van der Waals surface area (Å²) in [7, 11) is 0. The third-order valence-corrected chi connectivity index (χ3v) is 3.00. The molecule has 1 aromatic carbocycles. The number of nitrogens with one attached hydrogen (secondary N) is 1. The monoisotopic (exact) mass is 387 g/mol. The number of amides is 1. The summed E-state index contributed by atoms with van der Waals surface area (Å²) in [4.78, 5) is 22.9. The molecule has 0 aliphatic rings. The minimum absolute atomic E-state index is 0.246. The van der Waals surface area contributed by atoms with E-state index in [1.54, 1.807) is 18.2 Å². The molecule has 5 nitrogen and oxygen atoms in total. The van der Waals surface area contributed by atoms with Crippen molar-refractivity contribution in [3.05, 3.63) is 40.2 Å². The Morgan fingerprint density at radius 3 is 2.90 bits per heavy atom. The summed E-state index contributed by atoms with van der Waals surface area (Å²) in [6, 6.07) is 6.58. The van der Waals surface area contributed by atoms with Crippen LogP contribution >= 0.6 is 22.6 Å². The Labute approximate surface area is 129 Å². The lowest BCUT2D eigenvalue weighted by atomic mass is 10.1. The van der Waals surface area contributed by atoms with Gasteiger partial charge in [0.25, 0.3) is 0 Å². The van der Waals surface area contributed by atoms with Crippen LogP contribution in [0.1, 0.15) is 12.5 Å². The number of hydrogen-bond donors (Lipinski definition) is 1. The number of rotatable bonds is 3.